The standard InChI is InChI=1S/C28H29ClN2O6S/c1-34-22-15-20(16-23(35-2)25(22)36-3)37-12-7-13-38(4)26-24(32)21-10-6-11-30-27(21)31(28(26)33)17-18-8-5-9-19(29)14-18/h5-6,8-11,14-16H,7,12-13,17H2,1-4H3. The van der Waals surface area contributed by atoms with Crippen LogP contribution in [-0.4, -0.2) is 49.5 Å². The largest absolute Gasteiger partial charge is 0.868 e. The first-order chi connectivity index (χ1) is 18.4. The topological polar surface area (TPSA) is 94.9 Å². The Bertz CT molecular complexity index is 1470. The molecule has 0 saturated heterocycles. The van der Waals surface area contributed by atoms with Crippen molar-refractivity contribution in [3.63, 3.8) is 0 Å². The second-order valence-electron chi connectivity index (χ2n) is 8.46. The second kappa shape index (κ2) is 12.3. The Morgan fingerprint density at radius 3 is 2.42 bits per heavy atom. The molecule has 2 aromatic heterocycles. The zero-order chi connectivity index (χ0) is 27.2. The Kier molecular flexibility index (Phi) is 8.91. The molecule has 0 fully saturated rings. The highest BCUT2D eigenvalue weighted by Crippen LogP contribution is 2.40. The summed E-state index contributed by atoms with van der Waals surface area (Å²) in [4.78, 5) is 18.2. The van der Waals surface area contributed by atoms with Crippen LogP contribution in [-0.2, 0) is 17.4 Å². The van der Waals surface area contributed by atoms with Gasteiger partial charge in [0.25, 0.3) is 0 Å². The number of rotatable bonds is 11. The number of methoxy groups -OCH3 is 3. The highest BCUT2D eigenvalue weighted by atomic mass is 35.5. The first kappa shape index (κ1) is 27.5. The number of halogens is 1. The summed E-state index contributed by atoms with van der Waals surface area (Å²) in [6, 6.07) is 14.2. The average molecular weight is 557 g/mol. The molecule has 0 N–H and O–H groups in total. The second-order valence-corrected chi connectivity index (χ2v) is 11.0. The molecule has 1 unspecified atom stereocenters. The highest BCUT2D eigenvalue weighted by Gasteiger charge is 2.25. The molecule has 4 rings (SSSR count). The maximum atomic E-state index is 13.6. The van der Waals surface area contributed by atoms with Crippen molar-refractivity contribution < 1.29 is 24.1 Å². The van der Waals surface area contributed by atoms with Crippen LogP contribution >= 0.6 is 11.6 Å². The molecule has 10 heteroatoms. The third-order valence-electron chi connectivity index (χ3n) is 6.01. The lowest BCUT2D eigenvalue weighted by Gasteiger charge is -2.19. The van der Waals surface area contributed by atoms with Gasteiger partial charge in [0, 0.05) is 46.1 Å². The molecular weight excluding hydrogens is 528 g/mol. The first-order valence-corrected chi connectivity index (χ1v) is 14.0. The quantitative estimate of drug-likeness (QED) is 0.201. The molecule has 0 aliphatic heterocycles. The number of ether oxygens (including phenoxy) is 4. The van der Waals surface area contributed by atoms with Gasteiger partial charge in [-0.15, -0.1) is 0 Å². The number of aromatic nitrogens is 2. The van der Waals surface area contributed by atoms with Crippen molar-refractivity contribution >= 4 is 33.5 Å². The lowest BCUT2D eigenvalue weighted by Crippen LogP contribution is -2.30. The smallest absolute Gasteiger partial charge is 0.307 e. The van der Waals surface area contributed by atoms with E-state index in [4.69, 9.17) is 30.5 Å². The predicted octanol–water partition coefficient (Wildman–Crippen LogP) is 4.27. The summed E-state index contributed by atoms with van der Waals surface area (Å²) in [5, 5.41) is 14.4. The zero-order valence-corrected chi connectivity index (χ0v) is 23.2. The van der Waals surface area contributed by atoms with Gasteiger partial charge in [-0.3, -0.25) is 9.36 Å². The lowest BCUT2D eigenvalue weighted by molar-refractivity contribution is -0.270. The summed E-state index contributed by atoms with van der Waals surface area (Å²) >= 11 is 6.16. The highest BCUT2D eigenvalue weighted by molar-refractivity contribution is 7.96. The van der Waals surface area contributed by atoms with E-state index in [2.05, 4.69) is 4.98 Å². The minimum atomic E-state index is -0.609. The maximum Gasteiger partial charge on any atom is 0.307 e. The molecule has 0 saturated carbocycles. The van der Waals surface area contributed by atoms with E-state index in [1.807, 2.05) is 18.4 Å². The molecule has 1 atom stereocenters. The van der Waals surface area contributed by atoms with Crippen molar-refractivity contribution in [1.82, 2.24) is 9.55 Å². The summed E-state index contributed by atoms with van der Waals surface area (Å²) in [5.41, 5.74) is 0.900. The van der Waals surface area contributed by atoms with Gasteiger partial charge in [-0.1, -0.05) is 29.8 Å². The minimum absolute atomic E-state index is 0.266. The zero-order valence-electron chi connectivity index (χ0n) is 21.7. The number of pyridine rings is 2. The van der Waals surface area contributed by atoms with Crippen molar-refractivity contribution in [2.75, 3.05) is 39.9 Å². The molecule has 0 amide bonds. The number of benzene rings is 2. The monoisotopic (exact) mass is 556 g/mol. The molecule has 2 aromatic carbocycles. The van der Waals surface area contributed by atoms with Gasteiger partial charge >= 0.3 is 5.56 Å². The fourth-order valence-electron chi connectivity index (χ4n) is 4.21. The third kappa shape index (κ3) is 5.79. The summed E-state index contributed by atoms with van der Waals surface area (Å²) < 4.78 is 23.6. The lowest BCUT2D eigenvalue weighted by atomic mass is 10.2. The Labute approximate surface area is 229 Å². The van der Waals surface area contributed by atoms with E-state index in [0.29, 0.717) is 57.8 Å². The number of nitrogens with zero attached hydrogens (tertiary/aromatic N) is 2. The van der Waals surface area contributed by atoms with Crippen LogP contribution in [0, 0.1) is 0 Å². The van der Waals surface area contributed by atoms with E-state index in [0.717, 1.165) is 5.56 Å². The van der Waals surface area contributed by atoms with Gasteiger partial charge in [0.1, 0.15) is 23.4 Å². The van der Waals surface area contributed by atoms with Gasteiger partial charge in [-0.25, -0.2) is 4.98 Å². The summed E-state index contributed by atoms with van der Waals surface area (Å²) in [6.45, 7) is 0.650. The van der Waals surface area contributed by atoms with Crippen molar-refractivity contribution in [2.45, 2.75) is 17.9 Å². The van der Waals surface area contributed by atoms with E-state index in [1.165, 1.54) is 0 Å². The van der Waals surface area contributed by atoms with E-state index in [9.17, 15) is 9.90 Å². The van der Waals surface area contributed by atoms with Crippen molar-refractivity contribution in [3.8, 4) is 28.7 Å². The molecule has 200 valence electrons. The summed E-state index contributed by atoms with van der Waals surface area (Å²) in [7, 11) is 4.02. The van der Waals surface area contributed by atoms with Crippen LogP contribution in [0.1, 0.15) is 12.0 Å². The Morgan fingerprint density at radius 1 is 1.03 bits per heavy atom. The van der Waals surface area contributed by atoms with Crippen LogP contribution in [0.25, 0.3) is 11.0 Å². The van der Waals surface area contributed by atoms with Gasteiger partial charge in [0.2, 0.25) is 10.6 Å². The van der Waals surface area contributed by atoms with Crippen LogP contribution < -0.4 is 29.6 Å². The third-order valence-corrected chi connectivity index (χ3v) is 8.21. The Balaban J connectivity index is 1.54. The van der Waals surface area contributed by atoms with E-state index < -0.39 is 10.9 Å². The number of fused-ring (bicyclic) bond motifs is 1. The molecule has 0 bridgehead atoms. The summed E-state index contributed by atoms with van der Waals surface area (Å²) in [6.07, 6.45) is 4.14. The van der Waals surface area contributed by atoms with Crippen molar-refractivity contribution in [1.29, 1.82) is 0 Å². The maximum absolute atomic E-state index is 13.6. The molecule has 4 aromatic rings. The van der Waals surface area contributed by atoms with Crippen LogP contribution in [0.15, 0.2) is 64.4 Å². The molecule has 8 nitrogen and oxygen atoms in total. The van der Waals surface area contributed by atoms with Crippen LogP contribution in [0.4, 0.5) is 0 Å². The van der Waals surface area contributed by atoms with Crippen LogP contribution in [0.2, 0.25) is 5.02 Å². The first-order valence-electron chi connectivity index (χ1n) is 11.9. The van der Waals surface area contributed by atoms with E-state index >= 15 is 0 Å². The minimum Gasteiger partial charge on any atom is -0.868 e. The van der Waals surface area contributed by atoms with Crippen molar-refractivity contribution in [3.05, 3.63) is 75.7 Å². The van der Waals surface area contributed by atoms with Gasteiger partial charge in [0.15, 0.2) is 11.5 Å². The predicted molar refractivity (Wildman–Crippen MR) is 149 cm³/mol. The Morgan fingerprint density at radius 2 is 1.76 bits per heavy atom. The van der Waals surface area contributed by atoms with Crippen LogP contribution in [0.5, 0.6) is 28.7 Å². The van der Waals surface area contributed by atoms with Gasteiger partial charge in [0.05, 0.1) is 34.5 Å². The van der Waals surface area contributed by atoms with Crippen molar-refractivity contribution in [2.24, 2.45) is 0 Å². The normalized spacial score (nSPS) is 11.8. The fourth-order valence-corrected chi connectivity index (χ4v) is 6.01. The van der Waals surface area contributed by atoms with E-state index in [1.54, 1.807) is 68.5 Å². The molecule has 38 heavy (non-hydrogen) atoms. The van der Waals surface area contributed by atoms with Gasteiger partial charge < -0.3 is 24.1 Å². The van der Waals surface area contributed by atoms with E-state index in [-0.39, 0.29) is 22.7 Å². The SMILES string of the molecule is COc1cc(OCCC[S+](C)c2c([O-])c3cccnc3n(Cc3cccc(Cl)c3)c2=O)cc(OC)c1OC. The summed E-state index contributed by atoms with van der Waals surface area (Å²) in [5.74, 6) is 2.40. The molecular formula is C28H29ClN2O6S. The van der Waals surface area contributed by atoms with Crippen LogP contribution in [0.3, 0.4) is 0 Å². The molecule has 0 radical (unpaired) electrons. The number of hydrogen-bond acceptors (Lipinski definition) is 7. The van der Waals surface area contributed by atoms with Gasteiger partial charge in [-0.05, 0) is 29.5 Å². The molecule has 0 aliphatic carbocycles. The fraction of sp³-hybridized carbons (Fsp3) is 0.286. The van der Waals surface area contributed by atoms with Gasteiger partial charge in [-0.2, -0.15) is 0 Å². The molecule has 2 heterocycles. The Hall–Kier alpha value is -3.56. The molecule has 0 spiro atoms. The molecule has 0 aliphatic rings. The number of hydrogen-bond donors (Lipinski definition) is 0. The average Bonchev–Trinajstić information content (AvgIpc) is 2.92.